The van der Waals surface area contributed by atoms with Gasteiger partial charge in [0, 0.05) is 22.5 Å². The molecule has 6 nitrogen and oxygen atoms in total. The van der Waals surface area contributed by atoms with Crippen molar-refractivity contribution in [2.45, 2.75) is 6.92 Å². The van der Waals surface area contributed by atoms with E-state index in [9.17, 15) is 4.79 Å². The van der Waals surface area contributed by atoms with Crippen molar-refractivity contribution < 1.29 is 4.79 Å². The Balaban J connectivity index is 1.68. The maximum Gasteiger partial charge on any atom is 0.259 e. The summed E-state index contributed by atoms with van der Waals surface area (Å²) in [5, 5.41) is 7.87. The lowest BCUT2D eigenvalue weighted by Gasteiger charge is -2.07. The van der Waals surface area contributed by atoms with Gasteiger partial charge in [0.15, 0.2) is 5.82 Å². The second-order valence-corrected chi connectivity index (χ2v) is 6.18. The highest BCUT2D eigenvalue weighted by Crippen LogP contribution is 2.18. The molecule has 4 aromatic rings. The van der Waals surface area contributed by atoms with E-state index < -0.39 is 0 Å². The fourth-order valence-electron chi connectivity index (χ4n) is 2.57. The lowest BCUT2D eigenvalue weighted by atomic mass is 10.2. The van der Waals surface area contributed by atoms with Gasteiger partial charge in [-0.3, -0.25) is 4.79 Å². The first kappa shape index (κ1) is 16.2. The van der Waals surface area contributed by atoms with E-state index in [-0.39, 0.29) is 5.91 Å². The molecule has 0 bridgehead atoms. The number of halogens is 1. The van der Waals surface area contributed by atoms with Crippen LogP contribution in [0.25, 0.3) is 17.2 Å². The number of aromatic nitrogens is 4. The van der Waals surface area contributed by atoms with E-state index in [0.29, 0.717) is 33.6 Å². The molecule has 0 aliphatic carbocycles. The van der Waals surface area contributed by atoms with Gasteiger partial charge in [0.2, 0.25) is 0 Å². The number of carbonyl (C=O) groups is 1. The first-order chi connectivity index (χ1) is 12.6. The number of amides is 1. The van der Waals surface area contributed by atoms with Crippen molar-refractivity contribution in [2.75, 3.05) is 5.32 Å². The number of anilines is 1. The Kier molecular flexibility index (Phi) is 4.10. The second-order valence-electron chi connectivity index (χ2n) is 5.75. The normalized spacial score (nSPS) is 10.8. The van der Waals surface area contributed by atoms with Crippen LogP contribution in [0.3, 0.4) is 0 Å². The lowest BCUT2D eigenvalue weighted by Crippen LogP contribution is -2.15. The SMILES string of the molecule is Cc1nc2nc(-c3ccccc3)nn2cc1C(=O)Nc1ccc(Cl)cc1. The predicted octanol–water partition coefficient (Wildman–Crippen LogP) is 4.01. The number of nitrogens with zero attached hydrogens (tertiary/aromatic N) is 4. The van der Waals surface area contributed by atoms with Crippen LogP contribution in [0.4, 0.5) is 5.69 Å². The molecule has 2 aromatic heterocycles. The number of hydrogen-bond acceptors (Lipinski definition) is 4. The first-order valence-electron chi connectivity index (χ1n) is 7.96. The second kappa shape index (κ2) is 6.57. The van der Waals surface area contributed by atoms with E-state index >= 15 is 0 Å². The van der Waals surface area contributed by atoms with Crippen molar-refractivity contribution in [3.05, 3.63) is 77.1 Å². The number of hydrogen-bond donors (Lipinski definition) is 1. The highest BCUT2D eigenvalue weighted by Gasteiger charge is 2.15. The fourth-order valence-corrected chi connectivity index (χ4v) is 2.69. The molecule has 2 aromatic carbocycles. The summed E-state index contributed by atoms with van der Waals surface area (Å²) in [5.74, 6) is 0.744. The van der Waals surface area contributed by atoms with Gasteiger partial charge >= 0.3 is 0 Å². The molecule has 128 valence electrons. The Hall–Kier alpha value is -3.25. The molecule has 0 saturated carbocycles. The quantitative estimate of drug-likeness (QED) is 0.597. The molecule has 4 rings (SSSR count). The number of nitrogens with one attached hydrogen (secondary N) is 1. The van der Waals surface area contributed by atoms with Gasteiger partial charge in [-0.25, -0.2) is 9.50 Å². The zero-order valence-electron chi connectivity index (χ0n) is 13.8. The summed E-state index contributed by atoms with van der Waals surface area (Å²) in [6.07, 6.45) is 1.64. The zero-order valence-corrected chi connectivity index (χ0v) is 14.6. The molecule has 26 heavy (non-hydrogen) atoms. The summed E-state index contributed by atoms with van der Waals surface area (Å²) in [6, 6.07) is 16.5. The van der Waals surface area contributed by atoms with Crippen LogP contribution in [0.15, 0.2) is 60.8 Å². The summed E-state index contributed by atoms with van der Waals surface area (Å²) >= 11 is 5.87. The summed E-state index contributed by atoms with van der Waals surface area (Å²) < 4.78 is 1.52. The number of fused-ring (bicyclic) bond motifs is 1. The van der Waals surface area contributed by atoms with Crippen molar-refractivity contribution in [3.63, 3.8) is 0 Å². The van der Waals surface area contributed by atoms with Crippen LogP contribution in [0.2, 0.25) is 5.02 Å². The lowest BCUT2D eigenvalue weighted by molar-refractivity contribution is 0.102. The molecule has 7 heteroatoms. The average molecular weight is 364 g/mol. The third-order valence-electron chi connectivity index (χ3n) is 3.90. The Labute approximate surface area is 154 Å². The minimum Gasteiger partial charge on any atom is -0.322 e. The summed E-state index contributed by atoms with van der Waals surface area (Å²) in [5.41, 5.74) is 2.55. The molecule has 0 unspecified atom stereocenters. The molecule has 0 radical (unpaired) electrons. The van der Waals surface area contributed by atoms with Gasteiger partial charge in [0.1, 0.15) is 0 Å². The van der Waals surface area contributed by atoms with Crippen LogP contribution in [0.5, 0.6) is 0 Å². The van der Waals surface area contributed by atoms with E-state index in [1.165, 1.54) is 4.52 Å². The molecular formula is C19H14ClN5O. The Morgan fingerprint density at radius 2 is 1.77 bits per heavy atom. The van der Waals surface area contributed by atoms with Crippen LogP contribution in [0.1, 0.15) is 16.1 Å². The first-order valence-corrected chi connectivity index (χ1v) is 8.34. The standard InChI is InChI=1S/C19H14ClN5O/c1-12-16(18(26)22-15-9-7-14(20)8-10-15)11-25-19(21-12)23-17(24-25)13-5-3-2-4-6-13/h2-11H,1H3,(H,22,26). The molecule has 0 aliphatic heterocycles. The number of aryl methyl sites for hydroxylation is 1. The van der Waals surface area contributed by atoms with Crippen LogP contribution in [-0.2, 0) is 0 Å². The summed E-state index contributed by atoms with van der Waals surface area (Å²) in [7, 11) is 0. The predicted molar refractivity (Wildman–Crippen MR) is 100 cm³/mol. The van der Waals surface area contributed by atoms with Gasteiger partial charge in [-0.2, -0.15) is 4.98 Å². The van der Waals surface area contributed by atoms with Crippen molar-refractivity contribution in [3.8, 4) is 11.4 Å². The molecular weight excluding hydrogens is 350 g/mol. The van der Waals surface area contributed by atoms with E-state index in [0.717, 1.165) is 5.56 Å². The maximum atomic E-state index is 12.6. The number of carbonyl (C=O) groups excluding carboxylic acids is 1. The third kappa shape index (κ3) is 3.14. The van der Waals surface area contributed by atoms with Crippen molar-refractivity contribution >= 4 is 29.0 Å². The maximum absolute atomic E-state index is 12.6. The topological polar surface area (TPSA) is 72.2 Å². The molecule has 0 spiro atoms. The smallest absolute Gasteiger partial charge is 0.259 e. The van der Waals surface area contributed by atoms with Crippen LogP contribution in [-0.4, -0.2) is 25.5 Å². The van der Waals surface area contributed by atoms with Crippen molar-refractivity contribution in [1.82, 2.24) is 19.6 Å². The molecule has 0 aliphatic rings. The van der Waals surface area contributed by atoms with Gasteiger partial charge < -0.3 is 5.32 Å². The molecule has 1 N–H and O–H groups in total. The molecule has 0 atom stereocenters. The monoisotopic (exact) mass is 363 g/mol. The van der Waals surface area contributed by atoms with E-state index in [4.69, 9.17) is 11.6 Å². The molecule has 0 saturated heterocycles. The third-order valence-corrected chi connectivity index (χ3v) is 4.15. The van der Waals surface area contributed by atoms with Crippen molar-refractivity contribution in [2.24, 2.45) is 0 Å². The van der Waals surface area contributed by atoms with E-state index in [2.05, 4.69) is 20.4 Å². The summed E-state index contributed by atoms with van der Waals surface area (Å²) in [6.45, 7) is 1.77. The molecule has 0 fully saturated rings. The average Bonchev–Trinajstić information content (AvgIpc) is 3.06. The highest BCUT2D eigenvalue weighted by molar-refractivity contribution is 6.30. The fraction of sp³-hybridized carbons (Fsp3) is 0.0526. The Morgan fingerprint density at radius 1 is 1.04 bits per heavy atom. The Morgan fingerprint density at radius 3 is 2.50 bits per heavy atom. The highest BCUT2D eigenvalue weighted by atomic mass is 35.5. The summed E-state index contributed by atoms with van der Waals surface area (Å²) in [4.78, 5) is 21.4. The van der Waals surface area contributed by atoms with Gasteiger partial charge in [-0.15, -0.1) is 5.10 Å². The zero-order chi connectivity index (χ0) is 18.1. The van der Waals surface area contributed by atoms with Crippen LogP contribution >= 0.6 is 11.6 Å². The largest absolute Gasteiger partial charge is 0.322 e. The molecule has 1 amide bonds. The van der Waals surface area contributed by atoms with Crippen molar-refractivity contribution in [1.29, 1.82) is 0 Å². The number of benzene rings is 2. The van der Waals surface area contributed by atoms with Gasteiger partial charge in [-0.05, 0) is 31.2 Å². The van der Waals surface area contributed by atoms with E-state index in [1.54, 1.807) is 37.4 Å². The van der Waals surface area contributed by atoms with Crippen LogP contribution in [0, 0.1) is 6.92 Å². The van der Waals surface area contributed by atoms with E-state index in [1.807, 2.05) is 30.3 Å². The van der Waals surface area contributed by atoms with Gasteiger partial charge in [0.05, 0.1) is 11.3 Å². The van der Waals surface area contributed by atoms with Gasteiger partial charge in [-0.1, -0.05) is 41.9 Å². The minimum absolute atomic E-state index is 0.268. The van der Waals surface area contributed by atoms with Crippen LogP contribution < -0.4 is 5.32 Å². The Bertz CT molecular complexity index is 1090. The number of rotatable bonds is 3. The van der Waals surface area contributed by atoms with Gasteiger partial charge in [0.25, 0.3) is 11.7 Å². The molecule has 2 heterocycles. The minimum atomic E-state index is -0.268.